The number of benzene rings is 2. The number of piperidine rings is 1. The standard InChI is InChI=1S/C28H33N3O2S/c1-30(2)21-12-10-20(11-13-21)19-31-16-14-28(15-17-31)23-8-5-4-7-22(23)25(26(28)33-3)29-27(32)24-9-6-18-34-24/h4-13,18,25-26H,14-17,19H2,1-3H3,(H,29,32)/t25-,26+/m1/s1. The molecule has 34 heavy (non-hydrogen) atoms. The number of ether oxygens (including phenoxy) is 1. The van der Waals surface area contributed by atoms with E-state index in [4.69, 9.17) is 4.74 Å². The van der Waals surface area contributed by atoms with Crippen molar-refractivity contribution in [2.24, 2.45) is 0 Å². The van der Waals surface area contributed by atoms with Gasteiger partial charge in [0.15, 0.2) is 0 Å². The summed E-state index contributed by atoms with van der Waals surface area (Å²) in [6.45, 7) is 2.98. The van der Waals surface area contributed by atoms with Gasteiger partial charge in [0, 0.05) is 38.9 Å². The molecule has 2 aliphatic rings. The Morgan fingerprint density at radius 1 is 1.09 bits per heavy atom. The summed E-state index contributed by atoms with van der Waals surface area (Å²) in [7, 11) is 5.93. The van der Waals surface area contributed by atoms with Crippen LogP contribution in [-0.2, 0) is 16.7 Å². The van der Waals surface area contributed by atoms with Crippen LogP contribution in [0.2, 0.25) is 0 Å². The third-order valence-corrected chi connectivity index (χ3v) is 8.44. The molecule has 1 aliphatic heterocycles. The number of methoxy groups -OCH3 is 1. The highest BCUT2D eigenvalue weighted by molar-refractivity contribution is 7.12. The van der Waals surface area contributed by atoms with E-state index >= 15 is 0 Å². The Morgan fingerprint density at radius 2 is 1.82 bits per heavy atom. The van der Waals surface area contributed by atoms with Crippen molar-refractivity contribution in [2.45, 2.75) is 36.9 Å². The molecular weight excluding hydrogens is 442 g/mol. The summed E-state index contributed by atoms with van der Waals surface area (Å²) in [4.78, 5) is 18.4. The number of carbonyl (C=O) groups is 1. The van der Waals surface area contributed by atoms with Crippen LogP contribution in [0.3, 0.4) is 0 Å². The molecule has 5 rings (SSSR count). The molecule has 1 fully saturated rings. The van der Waals surface area contributed by atoms with E-state index in [1.165, 1.54) is 33.7 Å². The molecule has 0 radical (unpaired) electrons. The molecule has 0 unspecified atom stereocenters. The lowest BCUT2D eigenvalue weighted by Gasteiger charge is -2.44. The number of hydrogen-bond donors (Lipinski definition) is 1. The molecule has 2 aromatic carbocycles. The van der Waals surface area contributed by atoms with E-state index in [0.29, 0.717) is 0 Å². The van der Waals surface area contributed by atoms with Gasteiger partial charge in [-0.1, -0.05) is 42.5 Å². The summed E-state index contributed by atoms with van der Waals surface area (Å²) in [5, 5.41) is 5.25. The maximum atomic E-state index is 13.0. The first-order valence-corrected chi connectivity index (χ1v) is 12.8. The molecule has 3 aromatic rings. The fourth-order valence-corrected chi connectivity index (χ4v) is 6.44. The van der Waals surface area contributed by atoms with Crippen LogP contribution in [0.5, 0.6) is 0 Å². The monoisotopic (exact) mass is 475 g/mol. The second-order valence-electron chi connectivity index (χ2n) is 9.67. The van der Waals surface area contributed by atoms with Crippen LogP contribution in [0.1, 0.15) is 45.2 Å². The Kier molecular flexibility index (Phi) is 6.47. The lowest BCUT2D eigenvalue weighted by Crippen LogP contribution is -2.50. The third-order valence-electron chi connectivity index (χ3n) is 7.57. The summed E-state index contributed by atoms with van der Waals surface area (Å²) in [5.41, 5.74) is 5.03. The number of fused-ring (bicyclic) bond motifs is 2. The smallest absolute Gasteiger partial charge is 0.261 e. The average molecular weight is 476 g/mol. The van der Waals surface area contributed by atoms with Crippen molar-refractivity contribution in [2.75, 3.05) is 39.2 Å². The molecule has 1 spiro atoms. The quantitative estimate of drug-likeness (QED) is 0.554. The maximum absolute atomic E-state index is 13.0. The highest BCUT2D eigenvalue weighted by Crippen LogP contribution is 2.52. The molecule has 0 bridgehead atoms. The Morgan fingerprint density at radius 3 is 2.47 bits per heavy atom. The van der Waals surface area contributed by atoms with Gasteiger partial charge in [-0.15, -0.1) is 11.3 Å². The number of amides is 1. The normalized spacial score (nSPS) is 21.4. The van der Waals surface area contributed by atoms with Gasteiger partial charge in [0.2, 0.25) is 0 Å². The highest BCUT2D eigenvalue weighted by atomic mass is 32.1. The first kappa shape index (κ1) is 23.1. The zero-order valence-electron chi connectivity index (χ0n) is 20.2. The molecule has 2 heterocycles. The van der Waals surface area contributed by atoms with E-state index in [2.05, 4.69) is 77.7 Å². The molecular formula is C28H33N3O2S. The summed E-state index contributed by atoms with van der Waals surface area (Å²) in [6.07, 6.45) is 1.96. The topological polar surface area (TPSA) is 44.8 Å². The molecule has 1 saturated heterocycles. The molecule has 2 atom stereocenters. The van der Waals surface area contributed by atoms with Crippen molar-refractivity contribution in [3.63, 3.8) is 0 Å². The second kappa shape index (κ2) is 9.53. The summed E-state index contributed by atoms with van der Waals surface area (Å²) in [6, 6.07) is 21.1. The van der Waals surface area contributed by atoms with Gasteiger partial charge >= 0.3 is 0 Å². The van der Waals surface area contributed by atoms with Crippen molar-refractivity contribution < 1.29 is 9.53 Å². The van der Waals surface area contributed by atoms with Gasteiger partial charge in [0.1, 0.15) is 0 Å². The largest absolute Gasteiger partial charge is 0.378 e. The van der Waals surface area contributed by atoms with E-state index in [-0.39, 0.29) is 23.5 Å². The minimum atomic E-state index is -0.138. The first-order chi connectivity index (χ1) is 16.5. The van der Waals surface area contributed by atoms with Crippen LogP contribution in [0.15, 0.2) is 66.0 Å². The highest BCUT2D eigenvalue weighted by Gasteiger charge is 2.54. The van der Waals surface area contributed by atoms with Gasteiger partial charge in [-0.3, -0.25) is 9.69 Å². The number of rotatable bonds is 6. The average Bonchev–Trinajstić information content (AvgIpc) is 3.48. The Hall–Kier alpha value is -2.67. The molecule has 5 nitrogen and oxygen atoms in total. The number of anilines is 1. The minimum Gasteiger partial charge on any atom is -0.378 e. The van der Waals surface area contributed by atoms with Crippen molar-refractivity contribution in [1.29, 1.82) is 0 Å². The zero-order valence-corrected chi connectivity index (χ0v) is 21.0. The predicted molar refractivity (Wildman–Crippen MR) is 139 cm³/mol. The van der Waals surface area contributed by atoms with Gasteiger partial charge in [0.05, 0.1) is 17.0 Å². The lowest BCUT2D eigenvalue weighted by atomic mass is 9.72. The van der Waals surface area contributed by atoms with Crippen LogP contribution < -0.4 is 10.2 Å². The van der Waals surface area contributed by atoms with E-state index < -0.39 is 0 Å². The van der Waals surface area contributed by atoms with Gasteiger partial charge in [0.25, 0.3) is 5.91 Å². The number of thiophene rings is 1. The molecule has 1 amide bonds. The molecule has 1 aliphatic carbocycles. The summed E-state index contributed by atoms with van der Waals surface area (Å²) < 4.78 is 6.17. The van der Waals surface area contributed by atoms with Gasteiger partial charge in [-0.25, -0.2) is 0 Å². The van der Waals surface area contributed by atoms with E-state index in [9.17, 15) is 4.79 Å². The SMILES string of the molecule is CO[C@H]1[C@H](NC(=O)c2cccs2)c2ccccc2C12CCN(Cc1ccc(N(C)C)cc1)CC2. The van der Waals surface area contributed by atoms with Crippen molar-refractivity contribution in [3.05, 3.63) is 87.6 Å². The van der Waals surface area contributed by atoms with Crippen LogP contribution in [0.25, 0.3) is 0 Å². The van der Waals surface area contributed by atoms with E-state index in [1.54, 1.807) is 7.11 Å². The van der Waals surface area contributed by atoms with Gasteiger partial charge < -0.3 is 15.0 Å². The summed E-state index contributed by atoms with van der Waals surface area (Å²) >= 11 is 1.47. The molecule has 1 N–H and O–H groups in total. The number of nitrogens with one attached hydrogen (secondary N) is 1. The van der Waals surface area contributed by atoms with Crippen LogP contribution in [0.4, 0.5) is 5.69 Å². The Bertz CT molecular complexity index is 1120. The Balaban J connectivity index is 1.34. The fraction of sp³-hybridized carbons (Fsp3) is 0.393. The Labute approximate surface area is 206 Å². The zero-order chi connectivity index (χ0) is 23.7. The maximum Gasteiger partial charge on any atom is 0.261 e. The number of carbonyl (C=O) groups excluding carboxylic acids is 1. The van der Waals surface area contributed by atoms with E-state index in [1.807, 2.05) is 17.5 Å². The second-order valence-corrected chi connectivity index (χ2v) is 10.6. The number of nitrogens with zero attached hydrogens (tertiary/aromatic N) is 2. The van der Waals surface area contributed by atoms with Crippen molar-refractivity contribution >= 4 is 22.9 Å². The van der Waals surface area contributed by atoms with Gasteiger partial charge in [-0.05, 0) is 66.2 Å². The van der Waals surface area contributed by atoms with Crippen LogP contribution in [-0.4, -0.2) is 51.2 Å². The molecule has 6 heteroatoms. The fourth-order valence-electron chi connectivity index (χ4n) is 5.81. The van der Waals surface area contributed by atoms with Gasteiger partial charge in [-0.2, -0.15) is 0 Å². The molecule has 1 aromatic heterocycles. The number of hydrogen-bond acceptors (Lipinski definition) is 5. The first-order valence-electron chi connectivity index (χ1n) is 12.0. The van der Waals surface area contributed by atoms with Crippen LogP contribution in [0, 0.1) is 0 Å². The van der Waals surface area contributed by atoms with Crippen LogP contribution >= 0.6 is 11.3 Å². The molecule has 178 valence electrons. The summed E-state index contributed by atoms with van der Waals surface area (Å²) in [5.74, 6) is -0.0208. The predicted octanol–water partition coefficient (Wildman–Crippen LogP) is 4.85. The van der Waals surface area contributed by atoms with Crippen molar-refractivity contribution in [1.82, 2.24) is 10.2 Å². The molecule has 0 saturated carbocycles. The number of likely N-dealkylation sites (tertiary alicyclic amines) is 1. The third kappa shape index (κ3) is 4.15. The van der Waals surface area contributed by atoms with Crippen molar-refractivity contribution in [3.8, 4) is 0 Å². The minimum absolute atomic E-state index is 0.0208. The van der Waals surface area contributed by atoms with E-state index in [0.717, 1.165) is 37.4 Å². The lowest BCUT2D eigenvalue weighted by molar-refractivity contribution is -0.0121.